The van der Waals surface area contributed by atoms with E-state index in [1.165, 1.54) is 6.07 Å². The maximum Gasteiger partial charge on any atom is 0.342 e. The average molecular weight is 523 g/mol. The molecule has 0 fully saturated rings. The van der Waals surface area contributed by atoms with Crippen molar-refractivity contribution in [3.63, 3.8) is 0 Å². The lowest BCUT2D eigenvalue weighted by Crippen LogP contribution is -2.03. The number of aliphatic carboxylic acids is 1. The van der Waals surface area contributed by atoms with Crippen LogP contribution in [0.4, 0.5) is 0 Å². The Bertz CT molecular complexity index is 1490. The number of aromatic carboxylic acids is 1. The van der Waals surface area contributed by atoms with Crippen molar-refractivity contribution in [2.24, 2.45) is 0 Å². The molecule has 4 aromatic rings. The van der Waals surface area contributed by atoms with Gasteiger partial charge in [-0.2, -0.15) is 0 Å². The summed E-state index contributed by atoms with van der Waals surface area (Å²) in [5.41, 5.74) is 4.03. The number of hydrogen-bond donors (Lipinski definition) is 2. The van der Waals surface area contributed by atoms with Gasteiger partial charge in [-0.15, -0.1) is 10.2 Å². The first-order valence-corrected chi connectivity index (χ1v) is 12.2. The minimum Gasteiger partial charge on any atom is -0.478 e. The molecule has 0 aliphatic carbocycles. The second-order valence-corrected chi connectivity index (χ2v) is 9.44. The van der Waals surface area contributed by atoms with Crippen LogP contribution in [0, 0.1) is 13.8 Å². The van der Waals surface area contributed by atoms with E-state index in [-0.39, 0.29) is 10.5 Å². The number of aromatic nitrogens is 4. The average Bonchev–Trinajstić information content (AvgIpc) is 3.38. The molecule has 0 atom stereocenters. The van der Waals surface area contributed by atoms with Gasteiger partial charge in [-0.1, -0.05) is 17.7 Å². The predicted octanol–water partition coefficient (Wildman–Crippen LogP) is 5.94. The van der Waals surface area contributed by atoms with Crippen molar-refractivity contribution < 1.29 is 19.8 Å². The number of hydrogen-bond acceptors (Lipinski definition) is 5. The number of nitrogens with zero attached hydrogens (tertiary/aromatic N) is 4. The quantitative estimate of drug-likeness (QED) is 0.217. The van der Waals surface area contributed by atoms with Gasteiger partial charge in [0, 0.05) is 34.2 Å². The minimum atomic E-state index is -1.09. The zero-order valence-electron chi connectivity index (χ0n) is 19.8. The molecule has 8 nitrogen and oxygen atoms in total. The summed E-state index contributed by atoms with van der Waals surface area (Å²) in [6, 6.07) is 15.7. The van der Waals surface area contributed by atoms with Gasteiger partial charge in [0.25, 0.3) is 0 Å². The molecule has 0 radical (unpaired) electrons. The van der Waals surface area contributed by atoms with E-state index < -0.39 is 11.9 Å². The highest BCUT2D eigenvalue weighted by Crippen LogP contribution is 2.32. The van der Waals surface area contributed by atoms with E-state index in [9.17, 15) is 19.8 Å². The van der Waals surface area contributed by atoms with Crippen molar-refractivity contribution in [2.45, 2.75) is 32.5 Å². The Labute approximate surface area is 216 Å². The Morgan fingerprint density at radius 3 is 2.42 bits per heavy atom. The van der Waals surface area contributed by atoms with Crippen LogP contribution in [0.25, 0.3) is 23.2 Å². The van der Waals surface area contributed by atoms with Crippen LogP contribution in [-0.4, -0.2) is 41.5 Å². The van der Waals surface area contributed by atoms with Crippen molar-refractivity contribution in [1.82, 2.24) is 19.3 Å². The molecule has 2 aromatic heterocycles. The number of carboxylic acids is 2. The fourth-order valence-electron chi connectivity index (χ4n) is 3.95. The molecule has 0 aliphatic rings. The van der Waals surface area contributed by atoms with Crippen LogP contribution in [0.2, 0.25) is 5.02 Å². The monoisotopic (exact) mass is 522 g/mol. The molecular weight excluding hydrogens is 500 g/mol. The van der Waals surface area contributed by atoms with Crippen LogP contribution in [0.1, 0.15) is 34.2 Å². The third-order valence-corrected chi connectivity index (χ3v) is 6.90. The lowest BCUT2D eigenvalue weighted by Gasteiger charge is -2.10. The van der Waals surface area contributed by atoms with Crippen molar-refractivity contribution in [3.05, 3.63) is 87.0 Å². The number of aryl methyl sites for hydroxylation is 1. The van der Waals surface area contributed by atoms with Crippen LogP contribution in [-0.2, 0) is 11.3 Å². The highest BCUT2D eigenvalue weighted by molar-refractivity contribution is 8.04. The largest absolute Gasteiger partial charge is 0.478 e. The summed E-state index contributed by atoms with van der Waals surface area (Å²) in [7, 11) is 0. The van der Waals surface area contributed by atoms with Crippen LogP contribution >= 0.6 is 23.4 Å². The van der Waals surface area contributed by atoms with Gasteiger partial charge >= 0.3 is 11.9 Å². The number of thioether (sulfide) groups is 1. The van der Waals surface area contributed by atoms with Crippen LogP contribution < -0.4 is 0 Å². The SMILES string of the molecule is CCn1c(S/C(=C\c2cc(C)n(-c3cccc(C(=O)O)c3)c2C)C(=O)O)nnc1-c1ccc(Cl)cc1. The van der Waals surface area contributed by atoms with E-state index in [1.807, 2.05) is 54.2 Å². The molecule has 0 amide bonds. The highest BCUT2D eigenvalue weighted by atomic mass is 35.5. The molecule has 2 aromatic carbocycles. The van der Waals surface area contributed by atoms with Gasteiger partial charge in [0.1, 0.15) is 4.91 Å². The molecule has 36 heavy (non-hydrogen) atoms. The fourth-order valence-corrected chi connectivity index (χ4v) is 4.95. The number of rotatable bonds is 8. The lowest BCUT2D eigenvalue weighted by atomic mass is 10.2. The topological polar surface area (TPSA) is 110 Å². The molecule has 2 heterocycles. The molecule has 10 heteroatoms. The van der Waals surface area contributed by atoms with Gasteiger partial charge in [-0.3, -0.25) is 0 Å². The second-order valence-electron chi connectivity index (χ2n) is 7.99. The maximum atomic E-state index is 12.2. The first-order valence-electron chi connectivity index (χ1n) is 11.0. The second kappa shape index (κ2) is 10.4. The summed E-state index contributed by atoms with van der Waals surface area (Å²) in [6.07, 6.45) is 1.60. The van der Waals surface area contributed by atoms with Crippen molar-refractivity contribution in [1.29, 1.82) is 0 Å². The van der Waals surface area contributed by atoms with E-state index in [0.717, 1.165) is 28.7 Å². The van der Waals surface area contributed by atoms with E-state index in [4.69, 9.17) is 11.6 Å². The number of halogens is 1. The zero-order chi connectivity index (χ0) is 26.0. The van der Waals surface area contributed by atoms with Gasteiger partial charge in [0.05, 0.1) is 5.56 Å². The van der Waals surface area contributed by atoms with E-state index in [2.05, 4.69) is 10.2 Å². The minimum absolute atomic E-state index is 0.0827. The number of benzene rings is 2. The van der Waals surface area contributed by atoms with Gasteiger partial charge in [0.2, 0.25) is 0 Å². The summed E-state index contributed by atoms with van der Waals surface area (Å²) in [5, 5.41) is 28.9. The molecule has 0 unspecified atom stereocenters. The Morgan fingerprint density at radius 2 is 1.78 bits per heavy atom. The molecule has 0 aliphatic heterocycles. The molecule has 4 rings (SSSR count). The summed E-state index contributed by atoms with van der Waals surface area (Å²) >= 11 is 7.02. The molecule has 0 saturated heterocycles. The van der Waals surface area contributed by atoms with Crippen LogP contribution in [0.3, 0.4) is 0 Å². The Balaban J connectivity index is 1.71. The molecule has 2 N–H and O–H groups in total. The van der Waals surface area contributed by atoms with Gasteiger partial charge in [0.15, 0.2) is 11.0 Å². The molecule has 0 spiro atoms. The lowest BCUT2D eigenvalue weighted by molar-refractivity contribution is -0.131. The van der Waals surface area contributed by atoms with Gasteiger partial charge in [-0.25, -0.2) is 9.59 Å². The van der Waals surface area contributed by atoms with Gasteiger partial charge in [-0.05, 0) is 92.7 Å². The first-order chi connectivity index (χ1) is 17.2. The highest BCUT2D eigenvalue weighted by Gasteiger charge is 2.20. The zero-order valence-corrected chi connectivity index (χ0v) is 21.3. The molecular formula is C26H23ClN4O4S. The maximum absolute atomic E-state index is 12.2. The van der Waals surface area contributed by atoms with Crippen LogP contribution in [0.5, 0.6) is 0 Å². The number of carboxylic acid groups (broad SMARTS) is 2. The Kier molecular flexibility index (Phi) is 7.32. The van der Waals surface area contributed by atoms with E-state index in [0.29, 0.717) is 33.8 Å². The van der Waals surface area contributed by atoms with Crippen molar-refractivity contribution >= 4 is 41.4 Å². The smallest absolute Gasteiger partial charge is 0.342 e. The summed E-state index contributed by atoms with van der Waals surface area (Å²) in [4.78, 5) is 23.7. The van der Waals surface area contributed by atoms with Crippen molar-refractivity contribution in [3.8, 4) is 17.1 Å². The summed E-state index contributed by atoms with van der Waals surface area (Å²) < 4.78 is 3.75. The Morgan fingerprint density at radius 1 is 1.06 bits per heavy atom. The Hall–Kier alpha value is -3.82. The molecule has 0 bridgehead atoms. The predicted molar refractivity (Wildman–Crippen MR) is 140 cm³/mol. The summed E-state index contributed by atoms with van der Waals surface area (Å²) in [6.45, 7) is 6.24. The molecule has 0 saturated carbocycles. The third-order valence-electron chi connectivity index (χ3n) is 5.66. The number of carbonyl (C=O) groups is 2. The standard InChI is InChI=1S/C26H23ClN4O4S/c1-4-30-23(17-8-10-20(27)11-9-17)28-29-26(30)36-22(25(34)35)14-19-12-15(2)31(16(19)3)21-7-5-6-18(13-21)24(32)33/h5-14H,4H2,1-3H3,(H,32,33)(H,34,35)/b22-14-. The summed E-state index contributed by atoms with van der Waals surface area (Å²) in [5.74, 6) is -1.48. The van der Waals surface area contributed by atoms with Gasteiger partial charge < -0.3 is 19.3 Å². The van der Waals surface area contributed by atoms with Crippen molar-refractivity contribution in [2.75, 3.05) is 0 Å². The fraction of sp³-hybridized carbons (Fsp3) is 0.154. The van der Waals surface area contributed by atoms with E-state index >= 15 is 0 Å². The first kappa shape index (κ1) is 25.3. The molecule has 184 valence electrons. The van der Waals surface area contributed by atoms with Crippen LogP contribution in [0.15, 0.2) is 64.7 Å². The third kappa shape index (κ3) is 5.07. The normalized spacial score (nSPS) is 11.6. The van der Waals surface area contributed by atoms with E-state index in [1.54, 1.807) is 30.3 Å².